The minimum Gasteiger partial charge on any atom is -0.384 e. The summed E-state index contributed by atoms with van der Waals surface area (Å²) in [6.45, 7) is 4.17. The summed E-state index contributed by atoms with van der Waals surface area (Å²) in [5, 5.41) is 11.3. The molecule has 3 rings (SSSR count). The fourth-order valence-corrected chi connectivity index (χ4v) is 4.48. The van der Waals surface area contributed by atoms with E-state index in [0.717, 1.165) is 60.9 Å². The molecule has 0 radical (unpaired) electrons. The summed E-state index contributed by atoms with van der Waals surface area (Å²) >= 11 is 8.69. The van der Waals surface area contributed by atoms with Crippen LogP contribution in [0.3, 0.4) is 0 Å². The predicted molar refractivity (Wildman–Crippen MR) is 115 cm³/mol. The molecule has 5 nitrogen and oxygen atoms in total. The molecule has 1 unspecified atom stereocenters. The summed E-state index contributed by atoms with van der Waals surface area (Å²) in [7, 11) is 0. The Bertz CT molecular complexity index is 709. The molecular weight excluding hydrogens is 405 g/mol. The molecular formula is C18H25ClFN5S2. The van der Waals surface area contributed by atoms with Crippen molar-refractivity contribution in [2.45, 2.75) is 36.6 Å². The molecule has 1 fully saturated rings. The van der Waals surface area contributed by atoms with E-state index in [4.69, 9.17) is 11.6 Å². The van der Waals surface area contributed by atoms with Gasteiger partial charge in [0.15, 0.2) is 10.3 Å². The number of nitrogens with zero attached hydrogens (tertiary/aromatic N) is 1. The lowest BCUT2D eigenvalue weighted by atomic mass is 10.2. The molecule has 0 spiro atoms. The Labute approximate surface area is 173 Å². The molecule has 2 aromatic rings. The Kier molecular flexibility index (Phi) is 8.47. The van der Waals surface area contributed by atoms with Crippen LogP contribution in [0.1, 0.15) is 25.7 Å². The maximum absolute atomic E-state index is 12.9. The standard InChI is InChI=1S/C18H25ClFN5S2/c19-15-10-14(27-25-18-24-12-17(20)26-18)5-6-16(15)23-8-2-1-7-21-11-13-4-3-9-22-13/h5-6,10,12-13,21-23H,1-4,7-9,11H2,(H,24,25). The molecule has 0 amide bonds. The van der Waals surface area contributed by atoms with Gasteiger partial charge in [-0.25, -0.2) is 4.98 Å². The Morgan fingerprint density at radius 1 is 1.33 bits per heavy atom. The zero-order valence-electron chi connectivity index (χ0n) is 15.1. The van der Waals surface area contributed by atoms with Crippen LogP contribution in [0.2, 0.25) is 5.02 Å². The molecule has 2 heterocycles. The summed E-state index contributed by atoms with van der Waals surface area (Å²) in [5.74, 6) is 0. The van der Waals surface area contributed by atoms with Gasteiger partial charge in [-0.05, 0) is 68.9 Å². The average molecular weight is 430 g/mol. The van der Waals surface area contributed by atoms with Crippen LogP contribution < -0.4 is 20.7 Å². The van der Waals surface area contributed by atoms with Gasteiger partial charge >= 0.3 is 0 Å². The smallest absolute Gasteiger partial charge is 0.198 e. The predicted octanol–water partition coefficient (Wildman–Crippen LogP) is 4.59. The Balaban J connectivity index is 1.30. The van der Waals surface area contributed by atoms with Crippen molar-refractivity contribution in [1.29, 1.82) is 0 Å². The highest BCUT2D eigenvalue weighted by Gasteiger charge is 2.12. The monoisotopic (exact) mass is 429 g/mol. The quantitative estimate of drug-likeness (QED) is 0.309. The van der Waals surface area contributed by atoms with Gasteiger partial charge in [-0.15, -0.1) is 0 Å². The number of benzene rings is 1. The number of anilines is 2. The van der Waals surface area contributed by atoms with Gasteiger partial charge in [0.25, 0.3) is 0 Å². The van der Waals surface area contributed by atoms with Gasteiger partial charge in [0.05, 0.1) is 16.9 Å². The molecule has 0 saturated carbocycles. The second-order valence-corrected chi connectivity index (χ2v) is 8.71. The molecule has 148 valence electrons. The molecule has 1 saturated heterocycles. The van der Waals surface area contributed by atoms with Crippen LogP contribution in [0, 0.1) is 5.13 Å². The lowest BCUT2D eigenvalue weighted by molar-refractivity contribution is 0.526. The van der Waals surface area contributed by atoms with E-state index < -0.39 is 0 Å². The van der Waals surface area contributed by atoms with E-state index in [-0.39, 0.29) is 5.13 Å². The highest BCUT2D eigenvalue weighted by molar-refractivity contribution is 8.00. The first kappa shape index (κ1) is 20.7. The van der Waals surface area contributed by atoms with Gasteiger partial charge in [-0.3, -0.25) is 0 Å². The summed E-state index contributed by atoms with van der Waals surface area (Å²) in [6, 6.07) is 6.49. The summed E-state index contributed by atoms with van der Waals surface area (Å²) < 4.78 is 15.9. The summed E-state index contributed by atoms with van der Waals surface area (Å²) in [4.78, 5) is 4.87. The average Bonchev–Trinajstić information content (AvgIpc) is 3.32. The molecule has 27 heavy (non-hydrogen) atoms. The number of rotatable bonds is 11. The van der Waals surface area contributed by atoms with Gasteiger partial charge in [-0.2, -0.15) is 4.39 Å². The molecule has 1 aromatic heterocycles. The van der Waals surface area contributed by atoms with Crippen molar-refractivity contribution in [3.63, 3.8) is 0 Å². The van der Waals surface area contributed by atoms with E-state index in [9.17, 15) is 4.39 Å². The molecule has 1 aromatic carbocycles. The van der Waals surface area contributed by atoms with E-state index in [1.54, 1.807) is 0 Å². The third-order valence-corrected chi connectivity index (χ3v) is 6.25. The zero-order chi connectivity index (χ0) is 18.9. The summed E-state index contributed by atoms with van der Waals surface area (Å²) in [6.07, 6.45) is 6.02. The number of halogens is 2. The number of hydrogen-bond donors (Lipinski definition) is 4. The largest absolute Gasteiger partial charge is 0.384 e. The van der Waals surface area contributed by atoms with Crippen molar-refractivity contribution in [2.24, 2.45) is 0 Å². The maximum Gasteiger partial charge on any atom is 0.198 e. The van der Waals surface area contributed by atoms with Crippen molar-refractivity contribution in [3.8, 4) is 0 Å². The lowest BCUT2D eigenvalue weighted by Crippen LogP contribution is -2.34. The van der Waals surface area contributed by atoms with Gasteiger partial charge in [0, 0.05) is 24.0 Å². The van der Waals surface area contributed by atoms with E-state index in [1.165, 1.54) is 31.0 Å². The number of unbranched alkanes of at least 4 members (excludes halogenated alkanes) is 1. The molecule has 4 N–H and O–H groups in total. The van der Waals surface area contributed by atoms with Crippen LogP contribution in [0.15, 0.2) is 29.3 Å². The Hall–Kier alpha value is -1.06. The second-order valence-electron chi connectivity index (χ2n) is 6.45. The van der Waals surface area contributed by atoms with Crippen molar-refractivity contribution in [3.05, 3.63) is 34.5 Å². The first-order valence-electron chi connectivity index (χ1n) is 9.22. The van der Waals surface area contributed by atoms with Crippen LogP contribution in [0.25, 0.3) is 0 Å². The van der Waals surface area contributed by atoms with Crippen LogP contribution in [-0.2, 0) is 0 Å². The SMILES string of the molecule is Fc1cnc(NSc2ccc(NCCCCNCC3CCCN3)c(Cl)c2)s1. The van der Waals surface area contributed by atoms with Gasteiger partial charge in [0.1, 0.15) is 0 Å². The van der Waals surface area contributed by atoms with Crippen LogP contribution in [0.4, 0.5) is 15.2 Å². The highest BCUT2D eigenvalue weighted by atomic mass is 35.5. The minimum atomic E-state index is -0.305. The Morgan fingerprint density at radius 2 is 2.22 bits per heavy atom. The van der Waals surface area contributed by atoms with E-state index in [0.29, 0.717) is 16.2 Å². The normalized spacial score (nSPS) is 16.6. The second kappa shape index (κ2) is 11.1. The van der Waals surface area contributed by atoms with E-state index in [2.05, 4.69) is 25.7 Å². The first-order valence-corrected chi connectivity index (χ1v) is 11.2. The zero-order valence-corrected chi connectivity index (χ0v) is 17.5. The molecule has 0 bridgehead atoms. The van der Waals surface area contributed by atoms with Gasteiger partial charge in [-0.1, -0.05) is 22.9 Å². The third-order valence-electron chi connectivity index (χ3n) is 4.32. The van der Waals surface area contributed by atoms with Crippen LogP contribution in [-0.4, -0.2) is 37.2 Å². The van der Waals surface area contributed by atoms with Crippen molar-refractivity contribution >= 4 is 45.7 Å². The lowest BCUT2D eigenvalue weighted by Gasteiger charge is -2.12. The van der Waals surface area contributed by atoms with Crippen molar-refractivity contribution in [2.75, 3.05) is 36.2 Å². The highest BCUT2D eigenvalue weighted by Crippen LogP contribution is 2.30. The minimum absolute atomic E-state index is 0.305. The first-order chi connectivity index (χ1) is 13.2. The van der Waals surface area contributed by atoms with E-state index in [1.807, 2.05) is 18.2 Å². The number of nitrogens with one attached hydrogen (secondary N) is 4. The third kappa shape index (κ3) is 7.12. The Morgan fingerprint density at radius 3 is 2.96 bits per heavy atom. The molecule has 9 heteroatoms. The topological polar surface area (TPSA) is 61.0 Å². The van der Waals surface area contributed by atoms with E-state index >= 15 is 0 Å². The molecule has 1 aliphatic heterocycles. The van der Waals surface area contributed by atoms with Gasteiger partial charge < -0.3 is 20.7 Å². The fraction of sp³-hybridized carbons (Fsp3) is 0.500. The van der Waals surface area contributed by atoms with Crippen LogP contribution >= 0.6 is 34.9 Å². The van der Waals surface area contributed by atoms with Crippen molar-refractivity contribution < 1.29 is 4.39 Å². The van der Waals surface area contributed by atoms with Crippen molar-refractivity contribution in [1.82, 2.24) is 15.6 Å². The van der Waals surface area contributed by atoms with Crippen LogP contribution in [0.5, 0.6) is 0 Å². The molecule has 0 aliphatic carbocycles. The summed E-state index contributed by atoms with van der Waals surface area (Å²) in [5.41, 5.74) is 0.935. The number of aromatic nitrogens is 1. The maximum atomic E-state index is 12.9. The molecule has 1 aliphatic rings. The molecule has 1 atom stereocenters. The fourth-order valence-electron chi connectivity index (χ4n) is 2.91. The van der Waals surface area contributed by atoms with Gasteiger partial charge in [0.2, 0.25) is 0 Å². The number of hydrogen-bond acceptors (Lipinski definition) is 7. The number of thiazole rings is 1.